The lowest BCUT2D eigenvalue weighted by atomic mass is 10.1. The molecule has 0 saturated carbocycles. The van der Waals surface area contributed by atoms with Crippen LogP contribution < -0.4 is 5.32 Å². The summed E-state index contributed by atoms with van der Waals surface area (Å²) in [7, 11) is -3.50. The van der Waals surface area contributed by atoms with E-state index in [1.165, 1.54) is 16.4 Å². The first-order chi connectivity index (χ1) is 14.9. The number of carbonyl (C=O) groups excluding carboxylic acids is 2. The third kappa shape index (κ3) is 4.97. The van der Waals surface area contributed by atoms with Crippen LogP contribution in [0.1, 0.15) is 31.2 Å². The molecule has 0 aliphatic carbocycles. The minimum absolute atomic E-state index is 0.0352. The van der Waals surface area contributed by atoms with Gasteiger partial charge in [-0.3, -0.25) is 9.59 Å². The SMILES string of the molecule is O=C(Nc1ccc(S(=O)(=O)N2CCCCC2)cc1)[C@H]1CC(=O)N(Cc2ccccc2)C1. The van der Waals surface area contributed by atoms with Crippen molar-refractivity contribution in [3.8, 4) is 0 Å². The highest BCUT2D eigenvalue weighted by atomic mass is 32.2. The Hall–Kier alpha value is -2.71. The Morgan fingerprint density at radius 2 is 1.65 bits per heavy atom. The molecule has 0 bridgehead atoms. The lowest BCUT2D eigenvalue weighted by Gasteiger charge is -2.25. The van der Waals surface area contributed by atoms with Gasteiger partial charge in [0.1, 0.15) is 0 Å². The number of likely N-dealkylation sites (tertiary alicyclic amines) is 1. The van der Waals surface area contributed by atoms with Gasteiger partial charge in [0.15, 0.2) is 0 Å². The van der Waals surface area contributed by atoms with Crippen molar-refractivity contribution in [3.05, 3.63) is 60.2 Å². The number of amides is 2. The Bertz CT molecular complexity index is 1030. The molecule has 0 spiro atoms. The average Bonchev–Trinajstić information content (AvgIpc) is 3.16. The lowest BCUT2D eigenvalue weighted by molar-refractivity contribution is -0.128. The summed E-state index contributed by atoms with van der Waals surface area (Å²) < 4.78 is 27.0. The zero-order valence-corrected chi connectivity index (χ0v) is 18.2. The van der Waals surface area contributed by atoms with Crippen LogP contribution in [0, 0.1) is 5.92 Å². The summed E-state index contributed by atoms with van der Waals surface area (Å²) in [5, 5.41) is 2.82. The highest BCUT2D eigenvalue weighted by Gasteiger charge is 2.34. The van der Waals surface area contributed by atoms with Gasteiger partial charge in [-0.15, -0.1) is 0 Å². The summed E-state index contributed by atoms with van der Waals surface area (Å²) in [6, 6.07) is 16.0. The third-order valence-electron chi connectivity index (χ3n) is 5.88. The van der Waals surface area contributed by atoms with Gasteiger partial charge in [-0.05, 0) is 42.7 Å². The second-order valence-electron chi connectivity index (χ2n) is 8.14. The molecule has 2 aliphatic heterocycles. The van der Waals surface area contributed by atoms with E-state index in [2.05, 4.69) is 5.32 Å². The second kappa shape index (κ2) is 9.20. The number of hydrogen-bond donors (Lipinski definition) is 1. The molecule has 0 aromatic heterocycles. The minimum atomic E-state index is -3.50. The van der Waals surface area contributed by atoms with E-state index in [1.54, 1.807) is 17.0 Å². The molecule has 0 radical (unpaired) electrons. The number of piperidine rings is 1. The van der Waals surface area contributed by atoms with Crippen molar-refractivity contribution in [2.75, 3.05) is 25.0 Å². The van der Waals surface area contributed by atoms with E-state index in [4.69, 9.17) is 0 Å². The number of benzene rings is 2. The van der Waals surface area contributed by atoms with Crippen LogP contribution in [0.15, 0.2) is 59.5 Å². The Labute approximate surface area is 183 Å². The van der Waals surface area contributed by atoms with E-state index in [-0.39, 0.29) is 23.1 Å². The molecule has 2 aromatic rings. The minimum Gasteiger partial charge on any atom is -0.338 e. The van der Waals surface area contributed by atoms with Gasteiger partial charge in [-0.25, -0.2) is 8.42 Å². The zero-order valence-electron chi connectivity index (χ0n) is 17.4. The fourth-order valence-electron chi connectivity index (χ4n) is 4.11. The average molecular weight is 442 g/mol. The molecule has 164 valence electrons. The Kier molecular flexibility index (Phi) is 6.38. The number of nitrogens with zero attached hydrogens (tertiary/aromatic N) is 2. The maximum atomic E-state index is 12.7. The van der Waals surface area contributed by atoms with Crippen LogP contribution in [0.5, 0.6) is 0 Å². The van der Waals surface area contributed by atoms with Crippen molar-refractivity contribution in [1.29, 1.82) is 0 Å². The molecule has 1 atom stereocenters. The molecule has 1 N–H and O–H groups in total. The largest absolute Gasteiger partial charge is 0.338 e. The Balaban J connectivity index is 1.36. The van der Waals surface area contributed by atoms with Crippen molar-refractivity contribution >= 4 is 27.5 Å². The number of carbonyl (C=O) groups is 2. The predicted octanol–water partition coefficient (Wildman–Crippen LogP) is 2.85. The first kappa shape index (κ1) is 21.5. The number of nitrogens with one attached hydrogen (secondary N) is 1. The smallest absolute Gasteiger partial charge is 0.243 e. The van der Waals surface area contributed by atoms with E-state index in [0.717, 1.165) is 24.8 Å². The highest BCUT2D eigenvalue weighted by molar-refractivity contribution is 7.89. The van der Waals surface area contributed by atoms with E-state index < -0.39 is 15.9 Å². The molecule has 2 amide bonds. The van der Waals surface area contributed by atoms with Crippen LogP contribution in [-0.2, 0) is 26.2 Å². The third-order valence-corrected chi connectivity index (χ3v) is 7.79. The Morgan fingerprint density at radius 3 is 2.32 bits per heavy atom. The second-order valence-corrected chi connectivity index (χ2v) is 10.1. The van der Waals surface area contributed by atoms with E-state index in [1.807, 2.05) is 30.3 Å². The molecule has 2 fully saturated rings. The summed E-state index contributed by atoms with van der Waals surface area (Å²) in [5.74, 6) is -0.685. The monoisotopic (exact) mass is 441 g/mol. The maximum absolute atomic E-state index is 12.7. The van der Waals surface area contributed by atoms with Gasteiger partial charge >= 0.3 is 0 Å². The number of rotatable bonds is 6. The standard InChI is InChI=1S/C23H27N3O4S/c27-22-15-19(17-25(22)16-18-7-3-1-4-8-18)23(28)24-20-9-11-21(12-10-20)31(29,30)26-13-5-2-6-14-26/h1,3-4,7-12,19H,2,5-6,13-17H2,(H,24,28)/t19-/m0/s1. The van der Waals surface area contributed by atoms with Crippen LogP contribution in [0.4, 0.5) is 5.69 Å². The molecule has 2 aromatic carbocycles. The van der Waals surface area contributed by atoms with Crippen LogP contribution >= 0.6 is 0 Å². The molecule has 2 saturated heterocycles. The first-order valence-electron chi connectivity index (χ1n) is 10.7. The number of hydrogen-bond acceptors (Lipinski definition) is 4. The highest BCUT2D eigenvalue weighted by Crippen LogP contribution is 2.24. The maximum Gasteiger partial charge on any atom is 0.243 e. The molecular weight excluding hydrogens is 414 g/mol. The van der Waals surface area contributed by atoms with Crippen molar-refractivity contribution in [3.63, 3.8) is 0 Å². The molecule has 0 unspecified atom stereocenters. The lowest BCUT2D eigenvalue weighted by Crippen LogP contribution is -2.35. The van der Waals surface area contributed by atoms with E-state index >= 15 is 0 Å². The van der Waals surface area contributed by atoms with Gasteiger partial charge < -0.3 is 10.2 Å². The summed E-state index contributed by atoms with van der Waals surface area (Å²) in [6.45, 7) is 1.97. The first-order valence-corrected chi connectivity index (χ1v) is 12.1. The van der Waals surface area contributed by atoms with Crippen molar-refractivity contribution in [2.45, 2.75) is 37.1 Å². The van der Waals surface area contributed by atoms with Crippen LogP contribution in [0.25, 0.3) is 0 Å². The normalized spacial score (nSPS) is 20.1. The van der Waals surface area contributed by atoms with Crippen LogP contribution in [0.3, 0.4) is 0 Å². The fourth-order valence-corrected chi connectivity index (χ4v) is 5.63. The topological polar surface area (TPSA) is 86.8 Å². The quantitative estimate of drug-likeness (QED) is 0.747. The zero-order chi connectivity index (χ0) is 21.8. The molecule has 2 heterocycles. The molecule has 8 heteroatoms. The summed E-state index contributed by atoms with van der Waals surface area (Å²) >= 11 is 0. The molecule has 4 rings (SSSR count). The van der Waals surface area contributed by atoms with Crippen molar-refractivity contribution in [2.24, 2.45) is 5.92 Å². The van der Waals surface area contributed by atoms with E-state index in [0.29, 0.717) is 31.9 Å². The predicted molar refractivity (Wildman–Crippen MR) is 118 cm³/mol. The Morgan fingerprint density at radius 1 is 0.968 bits per heavy atom. The van der Waals surface area contributed by atoms with Crippen molar-refractivity contribution < 1.29 is 18.0 Å². The van der Waals surface area contributed by atoms with Gasteiger partial charge in [-0.1, -0.05) is 36.8 Å². The summed E-state index contributed by atoms with van der Waals surface area (Å²) in [6.07, 6.45) is 3.01. The number of sulfonamides is 1. The van der Waals surface area contributed by atoms with Gasteiger partial charge in [0.05, 0.1) is 10.8 Å². The van der Waals surface area contributed by atoms with Gasteiger partial charge in [-0.2, -0.15) is 4.31 Å². The van der Waals surface area contributed by atoms with E-state index in [9.17, 15) is 18.0 Å². The molecule has 2 aliphatic rings. The van der Waals surface area contributed by atoms with Gasteiger partial charge in [0.25, 0.3) is 0 Å². The van der Waals surface area contributed by atoms with Crippen molar-refractivity contribution in [1.82, 2.24) is 9.21 Å². The van der Waals surface area contributed by atoms with Crippen LogP contribution in [0.2, 0.25) is 0 Å². The van der Waals surface area contributed by atoms with Gasteiger partial charge in [0, 0.05) is 38.3 Å². The summed E-state index contributed by atoms with van der Waals surface area (Å²) in [5.41, 5.74) is 1.55. The van der Waals surface area contributed by atoms with Gasteiger partial charge in [0.2, 0.25) is 21.8 Å². The molecule has 31 heavy (non-hydrogen) atoms. The summed E-state index contributed by atoms with van der Waals surface area (Å²) in [4.78, 5) is 26.9. The fraction of sp³-hybridized carbons (Fsp3) is 0.391. The molecule has 7 nitrogen and oxygen atoms in total. The molecular formula is C23H27N3O4S. The number of anilines is 1. The van der Waals surface area contributed by atoms with Crippen LogP contribution in [-0.4, -0.2) is 49.1 Å².